The smallest absolute Gasteiger partial charge is 0.123 e. The lowest BCUT2D eigenvalue weighted by molar-refractivity contribution is 0.405. The number of thioether (sulfide) groups is 1. The molecule has 1 aliphatic heterocycles. The SMILES string of the molecule is CC1(C(Cc2ccc(F)cc2)NN)CCCS1. The first-order valence-corrected chi connectivity index (χ1v) is 6.97. The molecule has 1 aromatic rings. The molecule has 1 fully saturated rings. The fraction of sp³-hybridized carbons (Fsp3) is 0.538. The molecule has 0 spiro atoms. The minimum Gasteiger partial charge on any atom is -0.271 e. The lowest BCUT2D eigenvalue weighted by atomic mass is 9.91. The number of nitrogens with two attached hydrogens (primary N) is 1. The fourth-order valence-corrected chi connectivity index (χ4v) is 3.78. The van der Waals surface area contributed by atoms with E-state index in [4.69, 9.17) is 5.84 Å². The van der Waals surface area contributed by atoms with E-state index in [1.165, 1.54) is 30.7 Å². The number of halogens is 1. The summed E-state index contributed by atoms with van der Waals surface area (Å²) in [6, 6.07) is 6.92. The zero-order valence-electron chi connectivity index (χ0n) is 10.1. The van der Waals surface area contributed by atoms with Crippen LogP contribution in [0, 0.1) is 5.82 Å². The first-order valence-electron chi connectivity index (χ1n) is 5.98. The molecule has 0 radical (unpaired) electrons. The monoisotopic (exact) mass is 254 g/mol. The molecule has 2 nitrogen and oxygen atoms in total. The number of hydrogen-bond donors (Lipinski definition) is 2. The van der Waals surface area contributed by atoms with Crippen LogP contribution >= 0.6 is 11.8 Å². The number of nitrogens with one attached hydrogen (secondary N) is 1. The standard InChI is InChI=1S/C13H19FN2S/c1-13(7-2-8-17-13)12(16-15)9-10-3-5-11(14)6-4-10/h3-6,12,16H,2,7-9,15H2,1H3. The number of rotatable bonds is 4. The van der Waals surface area contributed by atoms with Crippen LogP contribution in [0.15, 0.2) is 24.3 Å². The minimum absolute atomic E-state index is 0.188. The van der Waals surface area contributed by atoms with Gasteiger partial charge >= 0.3 is 0 Å². The summed E-state index contributed by atoms with van der Waals surface area (Å²) in [5.41, 5.74) is 4.06. The van der Waals surface area contributed by atoms with Crippen molar-refractivity contribution in [1.29, 1.82) is 0 Å². The molecule has 1 aromatic carbocycles. The Balaban J connectivity index is 2.06. The van der Waals surface area contributed by atoms with Crippen LogP contribution in [-0.2, 0) is 6.42 Å². The third-order valence-electron chi connectivity index (χ3n) is 3.54. The van der Waals surface area contributed by atoms with Gasteiger partial charge in [0.1, 0.15) is 5.82 Å². The van der Waals surface area contributed by atoms with Gasteiger partial charge in [-0.25, -0.2) is 4.39 Å². The summed E-state index contributed by atoms with van der Waals surface area (Å²) < 4.78 is 13.0. The Morgan fingerprint density at radius 1 is 1.47 bits per heavy atom. The van der Waals surface area contributed by atoms with Crippen LogP contribution in [0.4, 0.5) is 4.39 Å². The average molecular weight is 254 g/mol. The maximum Gasteiger partial charge on any atom is 0.123 e. The van der Waals surface area contributed by atoms with Gasteiger partial charge in [0.25, 0.3) is 0 Å². The largest absolute Gasteiger partial charge is 0.271 e. The Morgan fingerprint density at radius 3 is 2.71 bits per heavy atom. The highest BCUT2D eigenvalue weighted by molar-refractivity contribution is 8.00. The van der Waals surface area contributed by atoms with Crippen LogP contribution in [-0.4, -0.2) is 16.5 Å². The zero-order valence-corrected chi connectivity index (χ0v) is 10.9. The lowest BCUT2D eigenvalue weighted by Gasteiger charge is -2.32. The van der Waals surface area contributed by atoms with E-state index in [2.05, 4.69) is 12.3 Å². The molecule has 1 aliphatic rings. The van der Waals surface area contributed by atoms with E-state index in [0.717, 1.165) is 12.0 Å². The maximum atomic E-state index is 12.8. The van der Waals surface area contributed by atoms with E-state index in [9.17, 15) is 4.39 Å². The van der Waals surface area contributed by atoms with E-state index in [0.29, 0.717) is 0 Å². The zero-order chi connectivity index (χ0) is 12.3. The third kappa shape index (κ3) is 3.00. The maximum absolute atomic E-state index is 12.8. The van der Waals surface area contributed by atoms with Crippen LogP contribution in [0.25, 0.3) is 0 Å². The van der Waals surface area contributed by atoms with Gasteiger partial charge in [-0.1, -0.05) is 12.1 Å². The van der Waals surface area contributed by atoms with Crippen molar-refractivity contribution in [3.8, 4) is 0 Å². The molecule has 1 saturated heterocycles. The summed E-state index contributed by atoms with van der Waals surface area (Å²) in [5, 5.41) is 0. The molecular formula is C13H19FN2S. The average Bonchev–Trinajstić information content (AvgIpc) is 2.76. The van der Waals surface area contributed by atoms with Crippen molar-refractivity contribution in [3.05, 3.63) is 35.6 Å². The van der Waals surface area contributed by atoms with Crippen LogP contribution in [0.3, 0.4) is 0 Å². The molecule has 0 saturated carbocycles. The van der Waals surface area contributed by atoms with Gasteiger partial charge in [-0.05, 0) is 49.6 Å². The van der Waals surface area contributed by atoms with Crippen LogP contribution in [0.5, 0.6) is 0 Å². The molecule has 0 aliphatic carbocycles. The Hall–Kier alpha value is -0.580. The first-order chi connectivity index (χ1) is 8.14. The number of hydrogen-bond acceptors (Lipinski definition) is 3. The topological polar surface area (TPSA) is 38.0 Å². The van der Waals surface area contributed by atoms with Crippen molar-refractivity contribution in [2.45, 2.75) is 37.0 Å². The third-order valence-corrected chi connectivity index (χ3v) is 5.18. The summed E-state index contributed by atoms with van der Waals surface area (Å²) in [6.45, 7) is 2.26. The van der Waals surface area contributed by atoms with Crippen molar-refractivity contribution in [1.82, 2.24) is 5.43 Å². The molecular weight excluding hydrogens is 235 g/mol. The molecule has 4 heteroatoms. The molecule has 3 N–H and O–H groups in total. The van der Waals surface area contributed by atoms with Crippen molar-refractivity contribution >= 4 is 11.8 Å². The first kappa shape index (κ1) is 12.9. The predicted octanol–water partition coefficient (Wildman–Crippen LogP) is 2.49. The quantitative estimate of drug-likeness (QED) is 0.640. The van der Waals surface area contributed by atoms with Gasteiger partial charge in [0.15, 0.2) is 0 Å². The molecule has 2 atom stereocenters. The predicted molar refractivity (Wildman–Crippen MR) is 71.3 cm³/mol. The number of hydrazine groups is 1. The van der Waals surface area contributed by atoms with Gasteiger partial charge in [-0.15, -0.1) is 0 Å². The summed E-state index contributed by atoms with van der Waals surface area (Å²) >= 11 is 1.98. The second-order valence-corrected chi connectivity index (χ2v) is 6.44. The second-order valence-electron chi connectivity index (χ2n) is 4.81. The van der Waals surface area contributed by atoms with Gasteiger partial charge in [0.2, 0.25) is 0 Å². The van der Waals surface area contributed by atoms with Gasteiger partial charge < -0.3 is 0 Å². The van der Waals surface area contributed by atoms with Gasteiger partial charge in [0, 0.05) is 10.8 Å². The molecule has 2 rings (SSSR count). The highest BCUT2D eigenvalue weighted by Gasteiger charge is 2.37. The van der Waals surface area contributed by atoms with Crippen LogP contribution in [0.2, 0.25) is 0 Å². The highest BCUT2D eigenvalue weighted by Crippen LogP contribution is 2.41. The van der Waals surface area contributed by atoms with Crippen molar-refractivity contribution in [2.24, 2.45) is 5.84 Å². The Kier molecular flexibility index (Phi) is 4.07. The van der Waals surface area contributed by atoms with Gasteiger partial charge in [-0.3, -0.25) is 11.3 Å². The summed E-state index contributed by atoms with van der Waals surface area (Å²) in [6.07, 6.45) is 3.29. The van der Waals surface area contributed by atoms with Crippen LogP contribution in [0.1, 0.15) is 25.3 Å². The van der Waals surface area contributed by atoms with Crippen molar-refractivity contribution in [3.63, 3.8) is 0 Å². The van der Waals surface area contributed by atoms with E-state index in [1.54, 1.807) is 0 Å². The minimum atomic E-state index is -0.188. The number of benzene rings is 1. The molecule has 0 amide bonds. The molecule has 17 heavy (non-hydrogen) atoms. The van der Waals surface area contributed by atoms with Gasteiger partial charge in [-0.2, -0.15) is 11.8 Å². The molecule has 94 valence electrons. The summed E-state index contributed by atoms with van der Waals surface area (Å²) in [5.74, 6) is 6.70. The van der Waals surface area contributed by atoms with Crippen molar-refractivity contribution in [2.75, 3.05) is 5.75 Å². The Labute approximate surface area is 106 Å². The highest BCUT2D eigenvalue weighted by atomic mass is 32.2. The summed E-state index contributed by atoms with van der Waals surface area (Å²) in [4.78, 5) is 0. The second kappa shape index (κ2) is 5.38. The normalized spacial score (nSPS) is 26.1. The fourth-order valence-electron chi connectivity index (χ4n) is 2.38. The van der Waals surface area contributed by atoms with E-state index in [-0.39, 0.29) is 16.6 Å². The molecule has 0 bridgehead atoms. The molecule has 0 aromatic heterocycles. The Morgan fingerprint density at radius 2 is 2.18 bits per heavy atom. The van der Waals surface area contributed by atoms with Gasteiger partial charge in [0.05, 0.1) is 0 Å². The Bertz CT molecular complexity index is 360. The van der Waals surface area contributed by atoms with Crippen LogP contribution < -0.4 is 11.3 Å². The lowest BCUT2D eigenvalue weighted by Crippen LogP contribution is -2.49. The van der Waals surface area contributed by atoms with Crippen molar-refractivity contribution < 1.29 is 4.39 Å². The summed E-state index contributed by atoms with van der Waals surface area (Å²) in [7, 11) is 0. The van der Waals surface area contributed by atoms with E-state index < -0.39 is 0 Å². The molecule has 1 heterocycles. The van der Waals surface area contributed by atoms with E-state index >= 15 is 0 Å². The van der Waals surface area contributed by atoms with E-state index in [1.807, 2.05) is 23.9 Å². The molecule has 2 unspecified atom stereocenters.